The summed E-state index contributed by atoms with van der Waals surface area (Å²) in [4.78, 5) is 47.9. The van der Waals surface area contributed by atoms with Crippen LogP contribution in [0.2, 0.25) is 0 Å². The highest BCUT2D eigenvalue weighted by Crippen LogP contribution is 2.31. The molecule has 1 aromatic rings. The van der Waals surface area contributed by atoms with E-state index in [4.69, 9.17) is 4.74 Å². The number of hydrogen-bond donors (Lipinski definition) is 2. The summed E-state index contributed by atoms with van der Waals surface area (Å²) in [5.74, 6) is -2.15. The van der Waals surface area contributed by atoms with Crippen molar-refractivity contribution in [2.24, 2.45) is 0 Å². The molecule has 0 fully saturated rings. The number of cyclic esters (lactones) is 1. The van der Waals surface area contributed by atoms with Crippen LogP contribution in [0, 0.1) is 0 Å². The van der Waals surface area contributed by atoms with Gasteiger partial charge in [-0.25, -0.2) is 4.79 Å². The van der Waals surface area contributed by atoms with Gasteiger partial charge in [-0.15, -0.1) is 0 Å². The van der Waals surface area contributed by atoms with Crippen molar-refractivity contribution in [1.82, 2.24) is 10.2 Å². The van der Waals surface area contributed by atoms with E-state index in [0.717, 1.165) is 18.1 Å². The largest absolute Gasteiger partial charge is 0.434 e. The fourth-order valence-corrected chi connectivity index (χ4v) is 3.56. The Balaban J connectivity index is 1.70. The van der Waals surface area contributed by atoms with Gasteiger partial charge in [0.2, 0.25) is 5.91 Å². The maximum absolute atomic E-state index is 12.3. The Morgan fingerprint density at radius 1 is 1.19 bits per heavy atom. The average molecular weight is 428 g/mol. The highest BCUT2D eigenvalue weighted by molar-refractivity contribution is 6.19. The molecule has 0 aliphatic carbocycles. The van der Waals surface area contributed by atoms with Crippen LogP contribution in [0.4, 0.5) is 0 Å². The van der Waals surface area contributed by atoms with E-state index < -0.39 is 30.4 Å². The lowest BCUT2D eigenvalue weighted by atomic mass is 9.95. The van der Waals surface area contributed by atoms with Crippen molar-refractivity contribution in [3.05, 3.63) is 47.0 Å². The highest BCUT2D eigenvalue weighted by Gasteiger charge is 2.32. The molecule has 0 radical (unpaired) electrons. The van der Waals surface area contributed by atoms with Gasteiger partial charge in [0.05, 0.1) is 5.57 Å². The molecule has 0 aromatic heterocycles. The summed E-state index contributed by atoms with van der Waals surface area (Å²) in [6, 6.07) is 7.39. The van der Waals surface area contributed by atoms with Gasteiger partial charge < -0.3 is 24.8 Å². The third-order valence-corrected chi connectivity index (χ3v) is 5.11. The summed E-state index contributed by atoms with van der Waals surface area (Å²) in [7, 11) is 0. The van der Waals surface area contributed by atoms with Crippen LogP contribution in [0.1, 0.15) is 38.3 Å². The molecule has 2 aliphatic rings. The molecule has 3 rings (SSSR count). The van der Waals surface area contributed by atoms with Crippen molar-refractivity contribution in [2.75, 3.05) is 13.1 Å². The predicted molar refractivity (Wildman–Crippen MR) is 110 cm³/mol. The molecule has 9 heteroatoms. The number of aliphatic hydroxyl groups excluding tert-OH is 1. The first-order chi connectivity index (χ1) is 14.7. The van der Waals surface area contributed by atoms with Crippen LogP contribution in [0.5, 0.6) is 0 Å². The van der Waals surface area contributed by atoms with Crippen LogP contribution in [-0.4, -0.2) is 59.4 Å². The second-order valence-electron chi connectivity index (χ2n) is 7.35. The monoisotopic (exact) mass is 428 g/mol. The zero-order valence-corrected chi connectivity index (χ0v) is 17.5. The molecule has 2 N–H and O–H groups in total. The number of nitrogens with zero attached hydrogens (tertiary/aromatic N) is 1. The van der Waals surface area contributed by atoms with Crippen LogP contribution >= 0.6 is 0 Å². The third kappa shape index (κ3) is 5.00. The summed E-state index contributed by atoms with van der Waals surface area (Å²) in [5, 5.41) is 12.2. The minimum atomic E-state index is -1.80. The van der Waals surface area contributed by atoms with Gasteiger partial charge in [-0.2, -0.15) is 0 Å². The normalized spacial score (nSPS) is 19.5. The molecule has 2 aliphatic heterocycles. The van der Waals surface area contributed by atoms with Crippen LogP contribution in [0.15, 0.2) is 35.9 Å². The summed E-state index contributed by atoms with van der Waals surface area (Å²) in [6.45, 7) is 4.88. The first-order valence-corrected chi connectivity index (χ1v) is 9.80. The van der Waals surface area contributed by atoms with Gasteiger partial charge in [0.25, 0.3) is 12.2 Å². The summed E-state index contributed by atoms with van der Waals surface area (Å²) < 4.78 is 9.75. The molecule has 164 valence electrons. The first-order valence-electron chi connectivity index (χ1n) is 9.80. The predicted octanol–water partition coefficient (Wildman–Crippen LogP) is 0.976. The van der Waals surface area contributed by atoms with Crippen LogP contribution < -0.4 is 5.32 Å². The van der Waals surface area contributed by atoms with Gasteiger partial charge in [-0.3, -0.25) is 14.4 Å². The second-order valence-corrected chi connectivity index (χ2v) is 7.35. The molecule has 0 saturated carbocycles. The van der Waals surface area contributed by atoms with Crippen molar-refractivity contribution >= 4 is 34.9 Å². The fraction of sp³-hybridized carbons (Fsp3) is 0.364. The van der Waals surface area contributed by atoms with Crippen molar-refractivity contribution in [3.8, 4) is 0 Å². The number of ether oxygens (including phenoxy) is 2. The number of aliphatic hydroxyl groups is 1. The summed E-state index contributed by atoms with van der Waals surface area (Å²) in [5.41, 5.74) is 3.73. The van der Waals surface area contributed by atoms with Gasteiger partial charge in [-0.05, 0) is 30.0 Å². The van der Waals surface area contributed by atoms with E-state index in [1.807, 2.05) is 30.3 Å². The van der Waals surface area contributed by atoms with Crippen molar-refractivity contribution in [2.45, 2.75) is 39.7 Å². The zero-order valence-electron chi connectivity index (χ0n) is 17.5. The lowest BCUT2D eigenvalue weighted by molar-refractivity contribution is -0.180. The Kier molecular flexibility index (Phi) is 6.55. The number of rotatable bonds is 5. The topological polar surface area (TPSA) is 122 Å². The second kappa shape index (κ2) is 9.13. The Labute approximate surface area is 179 Å². The standard InChI is InChI=1S/C22H24N2O7/c1-12-18(21(28)31-19(12)23-13(2)25)17-6-4-15(5-7-17)16-8-10-24(11-9-16)20(27)22(29)30-14(3)26/h4-8,19,22,29H,9-11H2,1-3H3,(H,23,25)/t19-,22?/m1/s1. The van der Waals surface area contributed by atoms with Gasteiger partial charge in [0.1, 0.15) is 0 Å². The lowest BCUT2D eigenvalue weighted by Gasteiger charge is -2.28. The quantitative estimate of drug-likeness (QED) is 0.529. The van der Waals surface area contributed by atoms with E-state index in [1.54, 1.807) is 6.92 Å². The molecule has 2 atom stereocenters. The van der Waals surface area contributed by atoms with Gasteiger partial charge >= 0.3 is 11.9 Å². The third-order valence-electron chi connectivity index (χ3n) is 5.11. The van der Waals surface area contributed by atoms with Crippen LogP contribution in [-0.2, 0) is 28.7 Å². The van der Waals surface area contributed by atoms with Crippen LogP contribution in [0.3, 0.4) is 0 Å². The van der Waals surface area contributed by atoms with Crippen molar-refractivity contribution in [3.63, 3.8) is 0 Å². The van der Waals surface area contributed by atoms with Gasteiger partial charge in [0, 0.05) is 32.5 Å². The van der Waals surface area contributed by atoms with E-state index in [9.17, 15) is 24.3 Å². The Morgan fingerprint density at radius 3 is 2.39 bits per heavy atom. The fourth-order valence-electron chi connectivity index (χ4n) is 3.56. The number of hydrogen-bond acceptors (Lipinski definition) is 7. The van der Waals surface area contributed by atoms with E-state index in [-0.39, 0.29) is 12.5 Å². The van der Waals surface area contributed by atoms with Crippen molar-refractivity contribution < 1.29 is 33.8 Å². The lowest BCUT2D eigenvalue weighted by Crippen LogP contribution is -2.43. The Hall–Kier alpha value is -3.46. The summed E-state index contributed by atoms with van der Waals surface area (Å²) >= 11 is 0. The molecule has 2 amide bonds. The highest BCUT2D eigenvalue weighted by atomic mass is 16.6. The first kappa shape index (κ1) is 22.2. The molecule has 0 spiro atoms. The number of esters is 2. The molecule has 31 heavy (non-hydrogen) atoms. The number of amides is 2. The maximum atomic E-state index is 12.3. The number of nitrogens with one attached hydrogen (secondary N) is 1. The summed E-state index contributed by atoms with van der Waals surface area (Å²) in [6.07, 6.45) is -0.119. The maximum Gasteiger partial charge on any atom is 0.341 e. The SMILES string of the molecule is CC(=O)N[C@@H]1OC(=O)C(c2ccc(C3=CCN(C(=O)C(O)OC(C)=O)CC3)cc2)=C1C. The smallest absolute Gasteiger partial charge is 0.341 e. The zero-order chi connectivity index (χ0) is 22.7. The Bertz CT molecular complexity index is 978. The minimum absolute atomic E-state index is 0.281. The molecule has 0 bridgehead atoms. The van der Waals surface area contributed by atoms with Gasteiger partial charge in [-0.1, -0.05) is 30.3 Å². The van der Waals surface area contributed by atoms with E-state index in [1.165, 1.54) is 11.8 Å². The average Bonchev–Trinajstić information content (AvgIpc) is 2.99. The molecular formula is C22H24N2O7. The van der Waals surface area contributed by atoms with Crippen LogP contribution in [0.25, 0.3) is 11.1 Å². The van der Waals surface area contributed by atoms with E-state index in [2.05, 4.69) is 10.1 Å². The van der Waals surface area contributed by atoms with Crippen molar-refractivity contribution in [1.29, 1.82) is 0 Å². The number of carbonyl (C=O) groups is 4. The minimum Gasteiger partial charge on any atom is -0.434 e. The molecule has 1 unspecified atom stereocenters. The molecule has 0 saturated heterocycles. The molecule has 1 aromatic carbocycles. The molecule has 9 nitrogen and oxygen atoms in total. The van der Waals surface area contributed by atoms with E-state index in [0.29, 0.717) is 29.7 Å². The molecule has 2 heterocycles. The van der Waals surface area contributed by atoms with E-state index >= 15 is 0 Å². The molecular weight excluding hydrogens is 404 g/mol. The Morgan fingerprint density at radius 2 is 1.84 bits per heavy atom. The number of benzene rings is 1. The van der Waals surface area contributed by atoms with Gasteiger partial charge in [0.15, 0.2) is 6.23 Å². The number of carbonyl (C=O) groups excluding carboxylic acids is 4.